The quantitative estimate of drug-likeness (QED) is 0.493. The van der Waals surface area contributed by atoms with Gasteiger partial charge < -0.3 is 14.5 Å². The summed E-state index contributed by atoms with van der Waals surface area (Å²) in [5.41, 5.74) is -0.826. The van der Waals surface area contributed by atoms with Gasteiger partial charge in [-0.1, -0.05) is 11.6 Å². The SMILES string of the molecule is COC(Cl)COP(=O)(O)O. The van der Waals surface area contributed by atoms with Crippen LogP contribution >= 0.6 is 19.4 Å². The van der Waals surface area contributed by atoms with Crippen molar-refractivity contribution in [3.05, 3.63) is 0 Å². The normalized spacial score (nSPS) is 15.2. The van der Waals surface area contributed by atoms with E-state index in [4.69, 9.17) is 21.4 Å². The second-order valence-electron chi connectivity index (χ2n) is 1.43. The molecular weight excluding hydrogens is 182 g/mol. The van der Waals surface area contributed by atoms with E-state index in [1.54, 1.807) is 0 Å². The number of alkyl halides is 1. The second kappa shape index (κ2) is 4.28. The Bertz CT molecular complexity index is 133. The number of rotatable bonds is 4. The standard InChI is InChI=1S/C3H8ClO5P/c1-8-3(4)2-9-10(5,6)7/h3H,2H2,1H3,(H2,5,6,7). The van der Waals surface area contributed by atoms with Crippen LogP contribution in [-0.4, -0.2) is 29.1 Å². The monoisotopic (exact) mass is 190 g/mol. The molecular formula is C3H8ClO5P. The van der Waals surface area contributed by atoms with E-state index >= 15 is 0 Å². The predicted octanol–water partition coefficient (Wildman–Crippen LogP) is 0.307. The molecule has 0 aromatic heterocycles. The summed E-state index contributed by atoms with van der Waals surface area (Å²) < 4.78 is 18.4. The Morgan fingerprint density at radius 2 is 2.20 bits per heavy atom. The number of ether oxygens (including phenoxy) is 1. The largest absolute Gasteiger partial charge is 0.469 e. The Labute approximate surface area is 63.1 Å². The molecule has 5 nitrogen and oxygen atoms in total. The fourth-order valence-electron chi connectivity index (χ4n) is 0.224. The van der Waals surface area contributed by atoms with Crippen molar-refractivity contribution in [1.82, 2.24) is 0 Å². The van der Waals surface area contributed by atoms with Gasteiger partial charge in [-0.2, -0.15) is 0 Å². The first-order chi connectivity index (χ1) is 4.45. The van der Waals surface area contributed by atoms with Crippen molar-refractivity contribution in [3.8, 4) is 0 Å². The first kappa shape index (κ1) is 10.4. The maximum atomic E-state index is 10.0. The molecule has 0 spiro atoms. The molecule has 0 aliphatic rings. The van der Waals surface area contributed by atoms with Crippen LogP contribution in [0.25, 0.3) is 0 Å². The third kappa shape index (κ3) is 6.48. The lowest BCUT2D eigenvalue weighted by atomic mass is 10.8. The third-order valence-electron chi connectivity index (χ3n) is 0.629. The Hall–Kier alpha value is 0.360. The highest BCUT2D eigenvalue weighted by atomic mass is 35.5. The molecule has 2 N–H and O–H groups in total. The van der Waals surface area contributed by atoms with Crippen LogP contribution in [-0.2, 0) is 13.8 Å². The van der Waals surface area contributed by atoms with Gasteiger partial charge in [-0.05, 0) is 0 Å². The molecule has 0 rings (SSSR count). The van der Waals surface area contributed by atoms with Gasteiger partial charge in [-0.3, -0.25) is 4.52 Å². The van der Waals surface area contributed by atoms with Gasteiger partial charge in [0.2, 0.25) is 0 Å². The summed E-state index contributed by atoms with van der Waals surface area (Å²) in [5.74, 6) is 0. The number of methoxy groups -OCH3 is 1. The summed E-state index contributed by atoms with van der Waals surface area (Å²) in [6.45, 7) is -0.331. The van der Waals surface area contributed by atoms with Crippen molar-refractivity contribution in [2.75, 3.05) is 13.7 Å². The van der Waals surface area contributed by atoms with E-state index in [0.717, 1.165) is 0 Å². The van der Waals surface area contributed by atoms with Crippen molar-refractivity contribution in [3.63, 3.8) is 0 Å². The minimum Gasteiger partial charge on any atom is -0.363 e. The van der Waals surface area contributed by atoms with Gasteiger partial charge in [0.25, 0.3) is 0 Å². The number of phosphoric acid groups is 1. The van der Waals surface area contributed by atoms with E-state index in [2.05, 4.69) is 9.26 Å². The van der Waals surface area contributed by atoms with E-state index in [9.17, 15) is 4.57 Å². The first-order valence-corrected chi connectivity index (χ1v) is 4.29. The van der Waals surface area contributed by atoms with Crippen molar-refractivity contribution in [2.45, 2.75) is 5.56 Å². The second-order valence-corrected chi connectivity index (χ2v) is 3.16. The molecule has 0 saturated carbocycles. The number of halogens is 1. The van der Waals surface area contributed by atoms with Gasteiger partial charge in [-0.25, -0.2) is 4.57 Å². The molecule has 0 aliphatic carbocycles. The molecule has 0 fully saturated rings. The summed E-state index contributed by atoms with van der Waals surface area (Å²) in [5, 5.41) is 0. The van der Waals surface area contributed by atoms with E-state index in [1.807, 2.05) is 0 Å². The molecule has 1 unspecified atom stereocenters. The number of hydrogen-bond acceptors (Lipinski definition) is 3. The topological polar surface area (TPSA) is 76.0 Å². The van der Waals surface area contributed by atoms with Crippen molar-refractivity contribution in [1.29, 1.82) is 0 Å². The lowest BCUT2D eigenvalue weighted by Crippen LogP contribution is -2.09. The molecule has 1 atom stereocenters. The maximum Gasteiger partial charge on any atom is 0.469 e. The van der Waals surface area contributed by atoms with Crippen molar-refractivity contribution in [2.24, 2.45) is 0 Å². The fraction of sp³-hybridized carbons (Fsp3) is 1.00. The Balaban J connectivity index is 3.46. The van der Waals surface area contributed by atoms with Gasteiger partial charge in [0.1, 0.15) is 0 Å². The highest BCUT2D eigenvalue weighted by Gasteiger charge is 2.15. The first-order valence-electron chi connectivity index (χ1n) is 2.32. The van der Waals surface area contributed by atoms with Crippen LogP contribution in [0.15, 0.2) is 0 Å². The molecule has 62 valence electrons. The highest BCUT2D eigenvalue weighted by Crippen LogP contribution is 2.35. The molecule has 0 radical (unpaired) electrons. The molecule has 7 heteroatoms. The van der Waals surface area contributed by atoms with Gasteiger partial charge in [0, 0.05) is 7.11 Å². The maximum absolute atomic E-state index is 10.0. The van der Waals surface area contributed by atoms with E-state index in [1.165, 1.54) is 7.11 Å². The zero-order valence-corrected chi connectivity index (χ0v) is 6.88. The molecule has 0 amide bonds. The number of hydrogen-bond donors (Lipinski definition) is 2. The average molecular weight is 191 g/mol. The molecule has 0 heterocycles. The van der Waals surface area contributed by atoms with E-state index < -0.39 is 13.4 Å². The molecule has 10 heavy (non-hydrogen) atoms. The molecule has 0 aromatic rings. The smallest absolute Gasteiger partial charge is 0.363 e. The summed E-state index contributed by atoms with van der Waals surface area (Å²) in [7, 11) is -3.09. The molecule has 0 bridgehead atoms. The number of phosphoric ester groups is 1. The van der Waals surface area contributed by atoms with Gasteiger partial charge >= 0.3 is 7.82 Å². The van der Waals surface area contributed by atoms with E-state index in [-0.39, 0.29) is 6.61 Å². The molecule has 0 aromatic carbocycles. The molecule has 0 saturated heterocycles. The zero-order valence-electron chi connectivity index (χ0n) is 5.23. The van der Waals surface area contributed by atoms with Crippen molar-refractivity contribution >= 4 is 19.4 Å². The van der Waals surface area contributed by atoms with Gasteiger partial charge in [0.05, 0.1) is 6.61 Å². The van der Waals surface area contributed by atoms with Crippen LogP contribution in [0, 0.1) is 0 Å². The third-order valence-corrected chi connectivity index (χ3v) is 1.42. The van der Waals surface area contributed by atoms with Crippen LogP contribution in [0.1, 0.15) is 0 Å². The van der Waals surface area contributed by atoms with Crippen molar-refractivity contribution < 1.29 is 23.6 Å². The fourth-order valence-corrected chi connectivity index (χ4v) is 0.704. The Kier molecular flexibility index (Phi) is 4.44. The minimum absolute atomic E-state index is 0.331. The minimum atomic E-state index is -4.40. The van der Waals surface area contributed by atoms with Crippen LogP contribution in [0.5, 0.6) is 0 Å². The average Bonchev–Trinajstić information content (AvgIpc) is 1.81. The lowest BCUT2D eigenvalue weighted by Gasteiger charge is -2.07. The van der Waals surface area contributed by atoms with Gasteiger partial charge in [-0.15, -0.1) is 0 Å². The summed E-state index contributed by atoms with van der Waals surface area (Å²) in [6, 6.07) is 0. The van der Waals surface area contributed by atoms with Crippen LogP contribution < -0.4 is 0 Å². The lowest BCUT2D eigenvalue weighted by molar-refractivity contribution is 0.0948. The zero-order chi connectivity index (χ0) is 8.20. The summed E-state index contributed by atoms with van der Waals surface area (Å²) in [4.78, 5) is 16.3. The van der Waals surface area contributed by atoms with Crippen LogP contribution in [0.3, 0.4) is 0 Å². The van der Waals surface area contributed by atoms with E-state index in [0.29, 0.717) is 0 Å². The van der Waals surface area contributed by atoms with Crippen LogP contribution in [0.4, 0.5) is 0 Å². The van der Waals surface area contributed by atoms with Gasteiger partial charge in [0.15, 0.2) is 5.56 Å². The predicted molar refractivity (Wildman–Crippen MR) is 34.6 cm³/mol. The Morgan fingerprint density at radius 3 is 2.50 bits per heavy atom. The van der Waals surface area contributed by atoms with Crippen LogP contribution in [0.2, 0.25) is 0 Å². The Morgan fingerprint density at radius 1 is 1.70 bits per heavy atom. The summed E-state index contributed by atoms with van der Waals surface area (Å²) >= 11 is 5.28. The highest BCUT2D eigenvalue weighted by molar-refractivity contribution is 7.46. The molecule has 0 aliphatic heterocycles. The summed E-state index contributed by atoms with van der Waals surface area (Å²) in [6.07, 6.45) is 0.